The van der Waals surface area contributed by atoms with Gasteiger partial charge < -0.3 is 10.2 Å². The topological polar surface area (TPSA) is 75.2 Å². The monoisotopic (exact) mass is 354 g/mol. The van der Waals surface area contributed by atoms with E-state index in [2.05, 4.69) is 29.4 Å². The summed E-state index contributed by atoms with van der Waals surface area (Å²) in [6.45, 7) is 4.24. The Morgan fingerprint density at radius 2 is 1.91 bits per heavy atom. The predicted octanol–water partition coefficient (Wildman–Crippen LogP) is 2.77. The second-order valence-electron chi connectivity index (χ2n) is 6.36. The lowest BCUT2D eigenvalue weighted by atomic mass is 9.98. The highest BCUT2D eigenvalue weighted by atomic mass is 32.2. The van der Waals surface area contributed by atoms with Gasteiger partial charge in [0, 0.05) is 18.0 Å². The Balaban J connectivity index is 1.50. The minimum atomic E-state index is 0.0322. The molecule has 1 saturated carbocycles. The molecule has 0 unspecified atom stereocenters. The summed E-state index contributed by atoms with van der Waals surface area (Å²) < 4.78 is 0.724. The highest BCUT2D eigenvalue weighted by Gasteiger charge is 2.31. The molecule has 8 heteroatoms. The van der Waals surface area contributed by atoms with Crippen molar-refractivity contribution in [2.75, 3.05) is 11.1 Å². The summed E-state index contributed by atoms with van der Waals surface area (Å²) in [5.74, 6) is 0.719. The van der Waals surface area contributed by atoms with Gasteiger partial charge in [-0.2, -0.15) is 0 Å². The first-order valence-corrected chi connectivity index (χ1v) is 9.93. The maximum atomic E-state index is 12.5. The third-order valence-corrected chi connectivity index (χ3v) is 6.34. The quantitative estimate of drug-likeness (QED) is 0.650. The molecule has 1 aliphatic heterocycles. The van der Waals surface area contributed by atoms with Crippen molar-refractivity contribution in [3.8, 4) is 0 Å². The number of aromatic nitrogens is 2. The first-order valence-electron chi connectivity index (χ1n) is 8.13. The minimum Gasteiger partial charge on any atom is -0.337 e. The van der Waals surface area contributed by atoms with Gasteiger partial charge in [0.15, 0.2) is 4.34 Å². The lowest BCUT2D eigenvalue weighted by molar-refractivity contribution is -0.134. The molecule has 1 saturated heterocycles. The third-order valence-electron chi connectivity index (χ3n) is 4.39. The molecule has 6 nitrogen and oxygen atoms in total. The van der Waals surface area contributed by atoms with Crippen molar-refractivity contribution in [3.05, 3.63) is 0 Å². The van der Waals surface area contributed by atoms with Crippen LogP contribution in [-0.2, 0) is 9.59 Å². The van der Waals surface area contributed by atoms with Crippen LogP contribution in [0.1, 0.15) is 46.0 Å². The van der Waals surface area contributed by atoms with Gasteiger partial charge in [0.05, 0.1) is 5.75 Å². The second kappa shape index (κ2) is 7.17. The number of rotatable bonds is 5. The smallest absolute Gasteiger partial charge is 0.233 e. The van der Waals surface area contributed by atoms with Crippen LogP contribution in [0.3, 0.4) is 0 Å². The van der Waals surface area contributed by atoms with Gasteiger partial charge in [-0.15, -0.1) is 10.2 Å². The van der Waals surface area contributed by atoms with Gasteiger partial charge in [-0.05, 0) is 46.0 Å². The first kappa shape index (κ1) is 16.7. The summed E-state index contributed by atoms with van der Waals surface area (Å²) in [4.78, 5) is 26.2. The SMILES string of the molecule is C[C@@H]1CCC[C@@H](C)N1C(=O)CSc1nnc(NC(=O)C2CC2)s1. The summed E-state index contributed by atoms with van der Waals surface area (Å²) in [5.41, 5.74) is 0. The molecule has 1 N–H and O–H groups in total. The van der Waals surface area contributed by atoms with Crippen molar-refractivity contribution in [2.24, 2.45) is 5.92 Å². The number of amides is 2. The fourth-order valence-electron chi connectivity index (χ4n) is 2.98. The van der Waals surface area contributed by atoms with Crippen LogP contribution in [0.2, 0.25) is 0 Å². The zero-order valence-electron chi connectivity index (χ0n) is 13.4. The van der Waals surface area contributed by atoms with Gasteiger partial charge in [0.1, 0.15) is 0 Å². The third kappa shape index (κ3) is 4.23. The summed E-state index contributed by atoms with van der Waals surface area (Å²) in [7, 11) is 0. The molecule has 3 rings (SSSR count). The molecule has 2 aliphatic rings. The van der Waals surface area contributed by atoms with Gasteiger partial charge >= 0.3 is 0 Å². The molecule has 2 fully saturated rings. The van der Waals surface area contributed by atoms with Gasteiger partial charge in [-0.1, -0.05) is 23.1 Å². The van der Waals surface area contributed by atoms with Crippen molar-refractivity contribution in [1.29, 1.82) is 0 Å². The molecule has 0 radical (unpaired) electrons. The number of nitrogens with one attached hydrogen (secondary N) is 1. The first-order chi connectivity index (χ1) is 11.0. The zero-order chi connectivity index (χ0) is 16.4. The average Bonchev–Trinajstić information content (AvgIpc) is 3.27. The molecule has 1 aromatic heterocycles. The minimum absolute atomic E-state index is 0.0322. The van der Waals surface area contributed by atoms with E-state index in [0.29, 0.717) is 23.0 Å². The number of thioether (sulfide) groups is 1. The van der Waals surface area contributed by atoms with E-state index in [1.807, 2.05) is 4.90 Å². The van der Waals surface area contributed by atoms with Crippen LogP contribution >= 0.6 is 23.1 Å². The maximum Gasteiger partial charge on any atom is 0.233 e. The number of nitrogens with zero attached hydrogens (tertiary/aromatic N) is 3. The van der Waals surface area contributed by atoms with Crippen molar-refractivity contribution in [1.82, 2.24) is 15.1 Å². The number of carbonyl (C=O) groups excluding carboxylic acids is 2. The van der Waals surface area contributed by atoms with Crippen LogP contribution in [0.15, 0.2) is 4.34 Å². The van der Waals surface area contributed by atoms with Gasteiger partial charge in [0.25, 0.3) is 0 Å². The van der Waals surface area contributed by atoms with Gasteiger partial charge in [-0.25, -0.2) is 0 Å². The van der Waals surface area contributed by atoms with Crippen molar-refractivity contribution in [2.45, 2.75) is 62.4 Å². The van der Waals surface area contributed by atoms with Crippen LogP contribution in [0.25, 0.3) is 0 Å². The summed E-state index contributed by atoms with van der Waals surface area (Å²) in [6, 6.07) is 0.629. The number of anilines is 1. The largest absolute Gasteiger partial charge is 0.337 e. The number of hydrogen-bond acceptors (Lipinski definition) is 6. The van der Waals surface area contributed by atoms with Gasteiger partial charge in [0.2, 0.25) is 16.9 Å². The van der Waals surface area contributed by atoms with E-state index >= 15 is 0 Å². The Morgan fingerprint density at radius 1 is 1.22 bits per heavy atom. The summed E-state index contributed by atoms with van der Waals surface area (Å²) in [6.07, 6.45) is 5.29. The summed E-state index contributed by atoms with van der Waals surface area (Å²) in [5, 5.41) is 11.3. The molecule has 126 valence electrons. The Hall–Kier alpha value is -1.15. The number of likely N-dealkylation sites (tertiary alicyclic amines) is 1. The van der Waals surface area contributed by atoms with E-state index < -0.39 is 0 Å². The highest BCUT2D eigenvalue weighted by Crippen LogP contribution is 2.32. The lowest BCUT2D eigenvalue weighted by Gasteiger charge is -2.39. The van der Waals surface area contributed by atoms with E-state index in [4.69, 9.17) is 0 Å². The molecule has 0 spiro atoms. The predicted molar refractivity (Wildman–Crippen MR) is 91.6 cm³/mol. The van der Waals surface area contributed by atoms with Crippen LogP contribution in [0.5, 0.6) is 0 Å². The molecular formula is C15H22N4O2S2. The number of hydrogen-bond donors (Lipinski definition) is 1. The number of piperidine rings is 1. The fraction of sp³-hybridized carbons (Fsp3) is 0.733. The van der Waals surface area contributed by atoms with E-state index in [-0.39, 0.29) is 17.7 Å². The Labute approximate surface area is 144 Å². The highest BCUT2D eigenvalue weighted by molar-refractivity contribution is 8.01. The maximum absolute atomic E-state index is 12.5. The van der Waals surface area contributed by atoms with Crippen molar-refractivity contribution in [3.63, 3.8) is 0 Å². The molecule has 1 aliphatic carbocycles. The zero-order valence-corrected chi connectivity index (χ0v) is 15.1. The van der Waals surface area contributed by atoms with Gasteiger partial charge in [-0.3, -0.25) is 9.59 Å². The molecule has 0 aromatic carbocycles. The normalized spacial score (nSPS) is 24.5. The Morgan fingerprint density at radius 3 is 2.57 bits per heavy atom. The van der Waals surface area contributed by atoms with Crippen molar-refractivity contribution >= 4 is 40.0 Å². The summed E-state index contributed by atoms with van der Waals surface area (Å²) >= 11 is 2.74. The van der Waals surface area contributed by atoms with Crippen molar-refractivity contribution < 1.29 is 9.59 Å². The molecule has 2 amide bonds. The van der Waals surface area contributed by atoms with Crippen LogP contribution < -0.4 is 5.32 Å². The van der Waals surface area contributed by atoms with E-state index in [1.165, 1.54) is 29.5 Å². The molecule has 0 bridgehead atoms. The average molecular weight is 355 g/mol. The Bertz CT molecular complexity index is 578. The lowest BCUT2D eigenvalue weighted by Crippen LogP contribution is -2.48. The van der Waals surface area contributed by atoms with E-state index in [0.717, 1.165) is 30.0 Å². The van der Waals surface area contributed by atoms with Crippen LogP contribution in [0.4, 0.5) is 5.13 Å². The standard InChI is InChI=1S/C15H22N4O2S2/c1-9-4-3-5-10(2)19(9)12(20)8-22-15-18-17-14(23-15)16-13(21)11-6-7-11/h9-11H,3-8H2,1-2H3,(H,16,17,21)/t9-,10-/m1/s1. The molecule has 2 heterocycles. The fourth-order valence-corrected chi connectivity index (χ4v) is 4.61. The molecule has 1 aromatic rings. The van der Waals surface area contributed by atoms with Crippen LogP contribution in [0, 0.1) is 5.92 Å². The molecule has 23 heavy (non-hydrogen) atoms. The number of carbonyl (C=O) groups is 2. The van der Waals surface area contributed by atoms with E-state index in [1.54, 1.807) is 0 Å². The van der Waals surface area contributed by atoms with Crippen LogP contribution in [-0.4, -0.2) is 44.7 Å². The van der Waals surface area contributed by atoms with E-state index in [9.17, 15) is 9.59 Å². The Kier molecular flexibility index (Phi) is 5.21. The second-order valence-corrected chi connectivity index (χ2v) is 8.56. The molecule has 2 atom stereocenters. The molecular weight excluding hydrogens is 332 g/mol.